The van der Waals surface area contributed by atoms with Gasteiger partial charge in [0.1, 0.15) is 0 Å². The Morgan fingerprint density at radius 1 is 1.24 bits per heavy atom. The van der Waals surface area contributed by atoms with Crippen LogP contribution in [-0.4, -0.2) is 29.6 Å². The standard InChI is InChI=1S/C19H30N2/c1-3-8-18-14-21(13-17-10-5-4-9-16(17)2)19(15-20-18)11-6-7-12-19/h4-5,9-10,18,20H,3,6-8,11-15H2,1-2H3. The van der Waals surface area contributed by atoms with Gasteiger partial charge in [0.05, 0.1) is 0 Å². The minimum atomic E-state index is 0.437. The van der Waals surface area contributed by atoms with Crippen LogP contribution in [0.3, 0.4) is 0 Å². The predicted octanol–water partition coefficient (Wildman–Crippen LogP) is 3.88. The van der Waals surface area contributed by atoms with Crippen LogP contribution >= 0.6 is 0 Å². The van der Waals surface area contributed by atoms with Crippen LogP contribution in [0.5, 0.6) is 0 Å². The summed E-state index contributed by atoms with van der Waals surface area (Å²) in [7, 11) is 0. The number of nitrogens with zero attached hydrogens (tertiary/aromatic N) is 1. The second-order valence-corrected chi connectivity index (χ2v) is 7.10. The first-order valence-corrected chi connectivity index (χ1v) is 8.76. The van der Waals surface area contributed by atoms with Crippen molar-refractivity contribution < 1.29 is 0 Å². The Bertz CT molecular complexity index is 462. The molecular weight excluding hydrogens is 256 g/mol. The molecule has 0 amide bonds. The fourth-order valence-electron chi connectivity index (χ4n) is 4.26. The average molecular weight is 286 g/mol. The predicted molar refractivity (Wildman–Crippen MR) is 89.5 cm³/mol. The van der Waals surface area contributed by atoms with Gasteiger partial charge in [-0.25, -0.2) is 0 Å². The maximum atomic E-state index is 3.84. The summed E-state index contributed by atoms with van der Waals surface area (Å²) in [5.41, 5.74) is 3.39. The largest absolute Gasteiger partial charge is 0.311 e. The van der Waals surface area contributed by atoms with E-state index in [1.807, 2.05) is 0 Å². The van der Waals surface area contributed by atoms with Gasteiger partial charge in [-0.05, 0) is 37.3 Å². The van der Waals surface area contributed by atoms with E-state index in [1.54, 1.807) is 0 Å². The highest BCUT2D eigenvalue weighted by Crippen LogP contribution is 2.38. The van der Waals surface area contributed by atoms with E-state index < -0.39 is 0 Å². The minimum Gasteiger partial charge on any atom is -0.311 e. The van der Waals surface area contributed by atoms with Gasteiger partial charge in [-0.15, -0.1) is 0 Å². The van der Waals surface area contributed by atoms with E-state index >= 15 is 0 Å². The molecule has 1 heterocycles. The molecule has 2 nitrogen and oxygen atoms in total. The molecule has 1 aromatic carbocycles. The van der Waals surface area contributed by atoms with Gasteiger partial charge in [-0.3, -0.25) is 4.90 Å². The summed E-state index contributed by atoms with van der Waals surface area (Å²) < 4.78 is 0. The van der Waals surface area contributed by atoms with Crippen LogP contribution < -0.4 is 5.32 Å². The van der Waals surface area contributed by atoms with Crippen LogP contribution in [0.1, 0.15) is 56.6 Å². The molecule has 1 saturated heterocycles. The van der Waals surface area contributed by atoms with Crippen molar-refractivity contribution in [2.75, 3.05) is 13.1 Å². The van der Waals surface area contributed by atoms with Crippen molar-refractivity contribution in [2.24, 2.45) is 0 Å². The highest BCUT2D eigenvalue weighted by Gasteiger charge is 2.43. The molecule has 0 bridgehead atoms. The van der Waals surface area contributed by atoms with Gasteiger partial charge in [-0.2, -0.15) is 0 Å². The minimum absolute atomic E-state index is 0.437. The SMILES string of the molecule is CCCC1CN(Cc2ccccc2C)C2(CCCC2)CN1. The average Bonchev–Trinajstić information content (AvgIpc) is 2.95. The van der Waals surface area contributed by atoms with Crippen LogP contribution in [0.2, 0.25) is 0 Å². The van der Waals surface area contributed by atoms with E-state index in [4.69, 9.17) is 0 Å². The lowest BCUT2D eigenvalue weighted by Crippen LogP contribution is -2.63. The molecule has 3 rings (SSSR count). The van der Waals surface area contributed by atoms with Gasteiger partial charge in [0.25, 0.3) is 0 Å². The number of rotatable bonds is 4. The van der Waals surface area contributed by atoms with Crippen LogP contribution in [0.15, 0.2) is 24.3 Å². The van der Waals surface area contributed by atoms with Gasteiger partial charge in [-0.1, -0.05) is 50.5 Å². The zero-order valence-corrected chi connectivity index (χ0v) is 13.7. The zero-order valence-electron chi connectivity index (χ0n) is 13.7. The van der Waals surface area contributed by atoms with Crippen molar-refractivity contribution >= 4 is 0 Å². The molecule has 1 aliphatic carbocycles. The third-order valence-electron chi connectivity index (χ3n) is 5.63. The molecule has 1 atom stereocenters. The van der Waals surface area contributed by atoms with E-state index in [2.05, 4.69) is 48.3 Å². The van der Waals surface area contributed by atoms with Gasteiger partial charge in [0.15, 0.2) is 0 Å². The second kappa shape index (κ2) is 6.50. The summed E-state index contributed by atoms with van der Waals surface area (Å²) in [5, 5.41) is 3.84. The smallest absolute Gasteiger partial charge is 0.0338 e. The molecular formula is C19H30N2. The van der Waals surface area contributed by atoms with E-state index in [-0.39, 0.29) is 0 Å². The molecule has 1 aliphatic heterocycles. The summed E-state index contributed by atoms with van der Waals surface area (Å²) in [6, 6.07) is 9.60. The zero-order chi connectivity index (χ0) is 14.7. The van der Waals surface area contributed by atoms with Crippen molar-refractivity contribution in [1.29, 1.82) is 0 Å². The van der Waals surface area contributed by atoms with E-state index in [9.17, 15) is 0 Å². The lowest BCUT2D eigenvalue weighted by Gasteiger charge is -2.48. The maximum Gasteiger partial charge on any atom is 0.0338 e. The van der Waals surface area contributed by atoms with Crippen molar-refractivity contribution in [2.45, 2.75) is 70.5 Å². The van der Waals surface area contributed by atoms with Crippen molar-refractivity contribution in [1.82, 2.24) is 10.2 Å². The number of aryl methyl sites for hydroxylation is 1. The third-order valence-corrected chi connectivity index (χ3v) is 5.63. The topological polar surface area (TPSA) is 15.3 Å². The number of nitrogens with one attached hydrogen (secondary N) is 1. The van der Waals surface area contributed by atoms with Crippen molar-refractivity contribution in [3.63, 3.8) is 0 Å². The van der Waals surface area contributed by atoms with Gasteiger partial charge >= 0.3 is 0 Å². The number of benzene rings is 1. The van der Waals surface area contributed by atoms with Gasteiger partial charge in [0.2, 0.25) is 0 Å². The van der Waals surface area contributed by atoms with Crippen LogP contribution in [-0.2, 0) is 6.54 Å². The highest BCUT2D eigenvalue weighted by atomic mass is 15.3. The number of hydrogen-bond donors (Lipinski definition) is 1. The van der Waals surface area contributed by atoms with E-state index in [1.165, 1.54) is 62.7 Å². The van der Waals surface area contributed by atoms with Crippen molar-refractivity contribution in [3.8, 4) is 0 Å². The monoisotopic (exact) mass is 286 g/mol. The molecule has 1 saturated carbocycles. The molecule has 1 unspecified atom stereocenters. The summed E-state index contributed by atoms with van der Waals surface area (Å²) in [6.07, 6.45) is 8.16. The Morgan fingerprint density at radius 2 is 2.00 bits per heavy atom. The molecule has 1 aromatic rings. The molecule has 1 N–H and O–H groups in total. The molecule has 116 valence electrons. The molecule has 21 heavy (non-hydrogen) atoms. The van der Waals surface area contributed by atoms with Crippen LogP contribution in [0, 0.1) is 6.92 Å². The summed E-state index contributed by atoms with van der Waals surface area (Å²) in [6.45, 7) is 8.11. The first kappa shape index (κ1) is 15.1. The van der Waals surface area contributed by atoms with Crippen LogP contribution in [0.25, 0.3) is 0 Å². The fourth-order valence-corrected chi connectivity index (χ4v) is 4.26. The normalized spacial score (nSPS) is 25.5. The Balaban J connectivity index is 1.78. The maximum absolute atomic E-state index is 3.84. The summed E-state index contributed by atoms with van der Waals surface area (Å²) in [5.74, 6) is 0. The Hall–Kier alpha value is -0.860. The summed E-state index contributed by atoms with van der Waals surface area (Å²) >= 11 is 0. The lowest BCUT2D eigenvalue weighted by molar-refractivity contribution is 0.0337. The van der Waals surface area contributed by atoms with Gasteiger partial charge in [0, 0.05) is 31.2 Å². The Morgan fingerprint density at radius 3 is 2.71 bits per heavy atom. The number of hydrogen-bond acceptors (Lipinski definition) is 2. The Labute approximate surface area is 129 Å². The molecule has 0 radical (unpaired) electrons. The first-order chi connectivity index (χ1) is 10.2. The first-order valence-electron chi connectivity index (χ1n) is 8.76. The quantitative estimate of drug-likeness (QED) is 0.903. The molecule has 2 aliphatic rings. The molecule has 2 fully saturated rings. The lowest BCUT2D eigenvalue weighted by atomic mass is 9.89. The van der Waals surface area contributed by atoms with Gasteiger partial charge < -0.3 is 5.32 Å². The van der Waals surface area contributed by atoms with Crippen LogP contribution in [0.4, 0.5) is 0 Å². The number of piperazine rings is 1. The Kier molecular flexibility index (Phi) is 4.66. The molecule has 1 spiro atoms. The second-order valence-electron chi connectivity index (χ2n) is 7.10. The fraction of sp³-hybridized carbons (Fsp3) is 0.684. The molecule has 2 heteroatoms. The molecule has 0 aromatic heterocycles. The highest BCUT2D eigenvalue weighted by molar-refractivity contribution is 5.26. The van der Waals surface area contributed by atoms with E-state index in [0.29, 0.717) is 11.6 Å². The third kappa shape index (κ3) is 3.17. The van der Waals surface area contributed by atoms with Crippen molar-refractivity contribution in [3.05, 3.63) is 35.4 Å². The summed E-state index contributed by atoms with van der Waals surface area (Å²) in [4.78, 5) is 2.82. The van der Waals surface area contributed by atoms with E-state index in [0.717, 1.165) is 6.54 Å².